The standard InChI is InChI=1S/C11H9ClN2O4S/c1-18-9-4-2-8(3-5-9)14-7-13-11(10(14)6-15)19(12,16)17/h2-7H,1H3. The highest BCUT2D eigenvalue weighted by Crippen LogP contribution is 2.21. The third-order valence-electron chi connectivity index (χ3n) is 2.46. The maximum absolute atomic E-state index is 11.3. The van der Waals surface area contributed by atoms with Gasteiger partial charge in [-0.25, -0.2) is 13.4 Å². The van der Waals surface area contributed by atoms with Gasteiger partial charge in [0.25, 0.3) is 9.05 Å². The number of aromatic nitrogens is 2. The van der Waals surface area contributed by atoms with Gasteiger partial charge in [-0.05, 0) is 24.3 Å². The lowest BCUT2D eigenvalue weighted by Crippen LogP contribution is -2.02. The monoisotopic (exact) mass is 300 g/mol. The molecule has 0 radical (unpaired) electrons. The summed E-state index contributed by atoms with van der Waals surface area (Å²) in [5, 5.41) is -0.458. The van der Waals surface area contributed by atoms with Crippen LogP contribution in [0.3, 0.4) is 0 Å². The highest BCUT2D eigenvalue weighted by molar-refractivity contribution is 8.13. The van der Waals surface area contributed by atoms with Gasteiger partial charge in [0, 0.05) is 16.4 Å². The van der Waals surface area contributed by atoms with Crippen LogP contribution < -0.4 is 4.74 Å². The number of halogens is 1. The van der Waals surface area contributed by atoms with Crippen LogP contribution in [-0.2, 0) is 9.05 Å². The highest BCUT2D eigenvalue weighted by Gasteiger charge is 2.22. The largest absolute Gasteiger partial charge is 0.497 e. The van der Waals surface area contributed by atoms with Gasteiger partial charge >= 0.3 is 0 Å². The number of imidazole rings is 1. The number of hydrogen-bond donors (Lipinski definition) is 0. The summed E-state index contributed by atoms with van der Waals surface area (Å²) in [6.45, 7) is 0. The summed E-state index contributed by atoms with van der Waals surface area (Å²) < 4.78 is 28.9. The number of carbonyl (C=O) groups is 1. The Morgan fingerprint density at radius 1 is 1.32 bits per heavy atom. The molecule has 0 bridgehead atoms. The van der Waals surface area contributed by atoms with Crippen molar-refractivity contribution in [2.75, 3.05) is 7.11 Å². The molecule has 0 amide bonds. The Hall–Kier alpha value is -1.86. The van der Waals surface area contributed by atoms with Gasteiger partial charge in [0.2, 0.25) is 0 Å². The molecule has 1 aromatic carbocycles. The number of hydrogen-bond acceptors (Lipinski definition) is 5. The first-order valence-corrected chi connectivity index (χ1v) is 7.40. The van der Waals surface area contributed by atoms with Crippen LogP contribution >= 0.6 is 10.7 Å². The molecule has 6 nitrogen and oxygen atoms in total. The van der Waals surface area contributed by atoms with Gasteiger partial charge in [-0.1, -0.05) is 0 Å². The molecule has 1 heterocycles. The fourth-order valence-electron chi connectivity index (χ4n) is 1.59. The van der Waals surface area contributed by atoms with E-state index in [0.717, 1.165) is 0 Å². The van der Waals surface area contributed by atoms with E-state index in [9.17, 15) is 13.2 Å². The van der Waals surface area contributed by atoms with Gasteiger partial charge in [-0.15, -0.1) is 0 Å². The van der Waals surface area contributed by atoms with Crippen LogP contribution in [0, 0.1) is 0 Å². The summed E-state index contributed by atoms with van der Waals surface area (Å²) in [7, 11) is 2.68. The quantitative estimate of drug-likeness (QED) is 0.633. The summed E-state index contributed by atoms with van der Waals surface area (Å²) in [5.41, 5.74) is 0.446. The summed E-state index contributed by atoms with van der Waals surface area (Å²) in [5.74, 6) is 0.640. The molecule has 1 aromatic heterocycles. The molecule has 0 N–H and O–H groups in total. The fourth-order valence-corrected chi connectivity index (χ4v) is 2.51. The lowest BCUT2D eigenvalue weighted by atomic mass is 10.3. The molecule has 0 aliphatic rings. The average molecular weight is 301 g/mol. The first-order valence-electron chi connectivity index (χ1n) is 5.09. The topological polar surface area (TPSA) is 78.3 Å². The van der Waals surface area contributed by atoms with Crippen LogP contribution in [0.15, 0.2) is 35.6 Å². The summed E-state index contributed by atoms with van der Waals surface area (Å²) in [6, 6.07) is 6.69. The Morgan fingerprint density at radius 2 is 1.95 bits per heavy atom. The van der Waals surface area contributed by atoms with Gasteiger partial charge in [0.05, 0.1) is 7.11 Å². The van der Waals surface area contributed by atoms with Crippen molar-refractivity contribution >= 4 is 26.0 Å². The number of rotatable bonds is 4. The van der Waals surface area contributed by atoms with E-state index in [1.165, 1.54) is 18.0 Å². The first kappa shape index (κ1) is 13.6. The van der Waals surface area contributed by atoms with Crippen molar-refractivity contribution < 1.29 is 17.9 Å². The maximum atomic E-state index is 11.3. The Bertz CT molecular complexity index is 707. The molecular formula is C11H9ClN2O4S. The molecule has 19 heavy (non-hydrogen) atoms. The van der Waals surface area contributed by atoms with Gasteiger partial charge in [-0.3, -0.25) is 9.36 Å². The van der Waals surface area contributed by atoms with E-state index in [0.29, 0.717) is 17.7 Å². The minimum atomic E-state index is -4.06. The molecule has 0 spiro atoms. The van der Waals surface area contributed by atoms with Crippen LogP contribution in [0.5, 0.6) is 5.75 Å². The number of benzene rings is 1. The average Bonchev–Trinajstić information content (AvgIpc) is 2.82. The predicted molar refractivity (Wildman–Crippen MR) is 68.5 cm³/mol. The first-order chi connectivity index (χ1) is 8.97. The molecular weight excluding hydrogens is 292 g/mol. The second-order valence-electron chi connectivity index (χ2n) is 3.56. The lowest BCUT2D eigenvalue weighted by molar-refractivity contribution is 0.111. The molecule has 0 aliphatic heterocycles. The fraction of sp³-hybridized carbons (Fsp3) is 0.0909. The van der Waals surface area contributed by atoms with Crippen molar-refractivity contribution in [2.45, 2.75) is 5.03 Å². The van der Waals surface area contributed by atoms with E-state index in [1.807, 2.05) is 0 Å². The Labute approximate surface area is 114 Å². The van der Waals surface area contributed by atoms with Gasteiger partial charge in [0.1, 0.15) is 17.8 Å². The zero-order chi connectivity index (χ0) is 14.0. The van der Waals surface area contributed by atoms with E-state index < -0.39 is 14.1 Å². The van der Waals surface area contributed by atoms with E-state index in [1.54, 1.807) is 24.3 Å². The minimum Gasteiger partial charge on any atom is -0.497 e. The third kappa shape index (κ3) is 2.61. The second-order valence-corrected chi connectivity index (χ2v) is 6.04. The molecule has 2 rings (SSSR count). The van der Waals surface area contributed by atoms with Crippen LogP contribution in [0.25, 0.3) is 5.69 Å². The van der Waals surface area contributed by atoms with Crippen LogP contribution in [0.4, 0.5) is 0 Å². The van der Waals surface area contributed by atoms with Gasteiger partial charge in [-0.2, -0.15) is 0 Å². The smallest absolute Gasteiger partial charge is 0.280 e. The Morgan fingerprint density at radius 3 is 2.42 bits per heavy atom. The van der Waals surface area contributed by atoms with Gasteiger partial charge in [0.15, 0.2) is 11.3 Å². The molecule has 0 saturated carbocycles. The number of aldehydes is 1. The Kier molecular flexibility index (Phi) is 3.59. The predicted octanol–water partition coefficient (Wildman–Crippen LogP) is 1.62. The molecule has 0 atom stereocenters. The highest BCUT2D eigenvalue weighted by atomic mass is 35.7. The summed E-state index contributed by atoms with van der Waals surface area (Å²) in [4.78, 5) is 14.7. The van der Waals surface area contributed by atoms with Crippen LogP contribution in [0.1, 0.15) is 10.5 Å². The molecule has 8 heteroatoms. The van der Waals surface area contributed by atoms with Crippen molar-refractivity contribution in [1.29, 1.82) is 0 Å². The molecule has 0 aliphatic carbocycles. The van der Waals surface area contributed by atoms with Crippen molar-refractivity contribution in [3.05, 3.63) is 36.3 Å². The van der Waals surface area contributed by atoms with Crippen molar-refractivity contribution in [1.82, 2.24) is 9.55 Å². The van der Waals surface area contributed by atoms with Crippen molar-refractivity contribution in [3.63, 3.8) is 0 Å². The molecule has 0 saturated heterocycles. The van der Waals surface area contributed by atoms with E-state index in [2.05, 4.69) is 4.98 Å². The van der Waals surface area contributed by atoms with Gasteiger partial charge < -0.3 is 4.74 Å². The number of nitrogens with zero attached hydrogens (tertiary/aromatic N) is 2. The van der Waals surface area contributed by atoms with E-state index in [-0.39, 0.29) is 5.69 Å². The van der Waals surface area contributed by atoms with E-state index in [4.69, 9.17) is 15.4 Å². The maximum Gasteiger partial charge on any atom is 0.280 e. The normalized spacial score (nSPS) is 11.3. The molecule has 2 aromatic rings. The Balaban J connectivity index is 2.56. The minimum absolute atomic E-state index is 0.125. The zero-order valence-electron chi connectivity index (χ0n) is 9.78. The molecule has 0 unspecified atom stereocenters. The van der Waals surface area contributed by atoms with Crippen LogP contribution in [-0.4, -0.2) is 31.4 Å². The van der Waals surface area contributed by atoms with Crippen molar-refractivity contribution in [3.8, 4) is 11.4 Å². The molecule has 0 fully saturated rings. The second kappa shape index (κ2) is 5.02. The number of ether oxygens (including phenoxy) is 1. The van der Waals surface area contributed by atoms with Crippen molar-refractivity contribution in [2.24, 2.45) is 0 Å². The SMILES string of the molecule is COc1ccc(-n2cnc(S(=O)(=O)Cl)c2C=O)cc1. The summed E-state index contributed by atoms with van der Waals surface area (Å²) in [6.07, 6.45) is 1.62. The molecule has 100 valence electrons. The van der Waals surface area contributed by atoms with E-state index >= 15 is 0 Å². The lowest BCUT2D eigenvalue weighted by Gasteiger charge is -2.05. The summed E-state index contributed by atoms with van der Waals surface area (Å²) >= 11 is 0. The number of methoxy groups -OCH3 is 1. The zero-order valence-corrected chi connectivity index (χ0v) is 11.4. The number of carbonyl (C=O) groups excluding carboxylic acids is 1. The van der Waals surface area contributed by atoms with Crippen LogP contribution in [0.2, 0.25) is 0 Å². The third-order valence-corrected chi connectivity index (χ3v) is 3.68.